The number of benzene rings is 1. The van der Waals surface area contributed by atoms with Crippen molar-refractivity contribution >= 4 is 5.91 Å². The average molecular weight is 251 g/mol. The van der Waals surface area contributed by atoms with Crippen molar-refractivity contribution in [3.8, 4) is 5.75 Å². The number of ether oxygens (including phenoxy) is 1. The molecule has 0 radical (unpaired) electrons. The van der Waals surface area contributed by atoms with E-state index in [1.54, 1.807) is 19.1 Å². The van der Waals surface area contributed by atoms with E-state index in [1.807, 2.05) is 32.0 Å². The quantitative estimate of drug-likeness (QED) is 0.860. The molecule has 0 aliphatic heterocycles. The van der Waals surface area contributed by atoms with Crippen molar-refractivity contribution in [3.63, 3.8) is 0 Å². The Morgan fingerprint density at radius 3 is 2.72 bits per heavy atom. The lowest BCUT2D eigenvalue weighted by Crippen LogP contribution is -2.38. The number of nitrogens with zero attached hydrogens (tertiary/aromatic N) is 1. The molecule has 1 unspecified atom stereocenters. The molecular formula is C14H21NO3. The van der Waals surface area contributed by atoms with E-state index >= 15 is 0 Å². The number of aliphatic hydroxyl groups is 1. The summed E-state index contributed by atoms with van der Waals surface area (Å²) in [5.41, 5.74) is 1.96. The molecule has 1 aromatic rings. The lowest BCUT2D eigenvalue weighted by molar-refractivity contribution is -0.131. The highest BCUT2D eigenvalue weighted by Gasteiger charge is 2.15. The van der Waals surface area contributed by atoms with Gasteiger partial charge in [0.15, 0.2) is 0 Å². The monoisotopic (exact) mass is 251 g/mol. The number of aryl methyl sites for hydroxylation is 1. The zero-order valence-electron chi connectivity index (χ0n) is 11.4. The van der Waals surface area contributed by atoms with Gasteiger partial charge in [0, 0.05) is 7.05 Å². The van der Waals surface area contributed by atoms with E-state index in [1.165, 1.54) is 0 Å². The summed E-state index contributed by atoms with van der Waals surface area (Å²) in [6.45, 7) is 3.75. The summed E-state index contributed by atoms with van der Waals surface area (Å²) in [5.74, 6) is 0.778. The van der Waals surface area contributed by atoms with Crippen LogP contribution in [0, 0.1) is 6.92 Å². The maximum atomic E-state index is 12.0. The molecule has 0 saturated heterocycles. The van der Waals surface area contributed by atoms with Crippen molar-refractivity contribution in [2.75, 3.05) is 20.8 Å². The lowest BCUT2D eigenvalue weighted by Gasteiger charge is -2.23. The van der Waals surface area contributed by atoms with Gasteiger partial charge in [-0.25, -0.2) is 0 Å². The molecule has 0 aliphatic carbocycles. The predicted molar refractivity (Wildman–Crippen MR) is 70.8 cm³/mol. The van der Waals surface area contributed by atoms with Crippen molar-refractivity contribution in [3.05, 3.63) is 29.3 Å². The first-order valence-corrected chi connectivity index (χ1v) is 5.99. The Balaban J connectivity index is 2.76. The first kappa shape index (κ1) is 14.5. The van der Waals surface area contributed by atoms with Gasteiger partial charge in [0.25, 0.3) is 0 Å². The third kappa shape index (κ3) is 3.47. The van der Waals surface area contributed by atoms with Gasteiger partial charge in [-0.3, -0.25) is 4.79 Å². The molecule has 18 heavy (non-hydrogen) atoms. The molecular weight excluding hydrogens is 230 g/mol. The highest BCUT2D eigenvalue weighted by Crippen LogP contribution is 2.19. The minimum atomic E-state index is -0.162. The molecule has 4 heteroatoms. The van der Waals surface area contributed by atoms with Crippen molar-refractivity contribution in [2.24, 2.45) is 0 Å². The molecule has 0 bridgehead atoms. The Labute approximate surface area is 108 Å². The van der Waals surface area contributed by atoms with Crippen LogP contribution in [0.5, 0.6) is 5.75 Å². The zero-order chi connectivity index (χ0) is 13.7. The van der Waals surface area contributed by atoms with Crippen LogP contribution in [0.2, 0.25) is 0 Å². The van der Waals surface area contributed by atoms with Crippen LogP contribution in [0.25, 0.3) is 0 Å². The van der Waals surface area contributed by atoms with Gasteiger partial charge in [0.2, 0.25) is 5.91 Å². The van der Waals surface area contributed by atoms with E-state index in [-0.39, 0.29) is 18.6 Å². The van der Waals surface area contributed by atoms with Crippen LogP contribution in [0.4, 0.5) is 0 Å². The summed E-state index contributed by atoms with van der Waals surface area (Å²) in [4.78, 5) is 13.5. The van der Waals surface area contributed by atoms with Gasteiger partial charge in [-0.05, 0) is 31.0 Å². The van der Waals surface area contributed by atoms with Gasteiger partial charge in [0.1, 0.15) is 5.75 Å². The van der Waals surface area contributed by atoms with E-state index in [4.69, 9.17) is 9.84 Å². The molecule has 0 aromatic heterocycles. The van der Waals surface area contributed by atoms with Gasteiger partial charge in [-0.15, -0.1) is 0 Å². The first-order valence-electron chi connectivity index (χ1n) is 5.99. The van der Waals surface area contributed by atoms with Crippen molar-refractivity contribution < 1.29 is 14.6 Å². The SMILES string of the molecule is COc1cc(CC(=O)N(C)C(C)CO)ccc1C. The number of rotatable bonds is 5. The second-order valence-electron chi connectivity index (χ2n) is 4.52. The predicted octanol–water partition coefficient (Wildman–Crippen LogP) is 1.39. The van der Waals surface area contributed by atoms with Gasteiger partial charge >= 0.3 is 0 Å². The molecule has 4 nitrogen and oxygen atoms in total. The number of aliphatic hydroxyl groups excluding tert-OH is 1. The summed E-state index contributed by atoms with van der Waals surface area (Å²) in [6, 6.07) is 5.58. The van der Waals surface area contributed by atoms with E-state index in [0.29, 0.717) is 6.42 Å². The number of likely N-dealkylation sites (N-methyl/N-ethyl adjacent to an activating group) is 1. The fourth-order valence-corrected chi connectivity index (χ4v) is 1.64. The first-order chi connectivity index (χ1) is 8.49. The topological polar surface area (TPSA) is 49.8 Å². The molecule has 0 aliphatic rings. The molecule has 1 N–H and O–H groups in total. The average Bonchev–Trinajstić information content (AvgIpc) is 2.38. The molecule has 0 fully saturated rings. The maximum Gasteiger partial charge on any atom is 0.227 e. The molecule has 1 amide bonds. The van der Waals surface area contributed by atoms with Crippen molar-refractivity contribution in [1.29, 1.82) is 0 Å². The minimum Gasteiger partial charge on any atom is -0.496 e. The van der Waals surface area contributed by atoms with Crippen molar-refractivity contribution in [1.82, 2.24) is 4.90 Å². The number of hydrogen-bond acceptors (Lipinski definition) is 3. The molecule has 0 saturated carbocycles. The fraction of sp³-hybridized carbons (Fsp3) is 0.500. The van der Waals surface area contributed by atoms with Crippen molar-refractivity contribution in [2.45, 2.75) is 26.3 Å². The summed E-state index contributed by atoms with van der Waals surface area (Å²) >= 11 is 0. The van der Waals surface area contributed by atoms with E-state index in [2.05, 4.69) is 0 Å². The van der Waals surface area contributed by atoms with E-state index < -0.39 is 0 Å². The third-order valence-corrected chi connectivity index (χ3v) is 3.15. The minimum absolute atomic E-state index is 0.0116. The summed E-state index contributed by atoms with van der Waals surface area (Å²) in [6.07, 6.45) is 0.317. The Kier molecular flexibility index (Phi) is 5.16. The number of hydrogen-bond donors (Lipinski definition) is 1. The van der Waals surface area contributed by atoms with Crippen LogP contribution in [-0.4, -0.2) is 42.7 Å². The molecule has 0 spiro atoms. The number of methoxy groups -OCH3 is 1. The highest BCUT2D eigenvalue weighted by molar-refractivity contribution is 5.79. The fourth-order valence-electron chi connectivity index (χ4n) is 1.64. The van der Waals surface area contributed by atoms with Gasteiger partial charge < -0.3 is 14.7 Å². The Bertz CT molecular complexity index is 418. The van der Waals surface area contributed by atoms with Crippen LogP contribution >= 0.6 is 0 Å². The second-order valence-corrected chi connectivity index (χ2v) is 4.52. The molecule has 1 rings (SSSR count). The number of carbonyl (C=O) groups is 1. The van der Waals surface area contributed by atoms with Gasteiger partial charge in [-0.2, -0.15) is 0 Å². The zero-order valence-corrected chi connectivity index (χ0v) is 11.4. The van der Waals surface area contributed by atoms with Crippen LogP contribution in [0.15, 0.2) is 18.2 Å². The highest BCUT2D eigenvalue weighted by atomic mass is 16.5. The van der Waals surface area contributed by atoms with Crippen LogP contribution < -0.4 is 4.74 Å². The molecule has 0 heterocycles. The second kappa shape index (κ2) is 6.40. The standard InChI is InChI=1S/C14H21NO3/c1-10-5-6-12(7-13(10)18-4)8-14(17)15(3)11(2)9-16/h5-7,11,16H,8-9H2,1-4H3. The van der Waals surface area contributed by atoms with Crippen LogP contribution in [0.1, 0.15) is 18.1 Å². The van der Waals surface area contributed by atoms with Gasteiger partial charge in [-0.1, -0.05) is 12.1 Å². The van der Waals surface area contributed by atoms with Gasteiger partial charge in [0.05, 0.1) is 26.2 Å². The Morgan fingerprint density at radius 2 is 2.17 bits per heavy atom. The van der Waals surface area contributed by atoms with E-state index in [0.717, 1.165) is 16.9 Å². The summed E-state index contributed by atoms with van der Waals surface area (Å²) in [7, 11) is 3.32. The third-order valence-electron chi connectivity index (χ3n) is 3.15. The Morgan fingerprint density at radius 1 is 1.50 bits per heavy atom. The summed E-state index contributed by atoms with van der Waals surface area (Å²) in [5, 5.41) is 9.02. The van der Waals surface area contributed by atoms with Crippen LogP contribution in [-0.2, 0) is 11.2 Å². The number of carbonyl (C=O) groups excluding carboxylic acids is 1. The molecule has 100 valence electrons. The smallest absolute Gasteiger partial charge is 0.227 e. The molecule has 1 atom stereocenters. The van der Waals surface area contributed by atoms with E-state index in [9.17, 15) is 4.79 Å². The normalized spacial score (nSPS) is 12.1. The largest absolute Gasteiger partial charge is 0.496 e. The maximum absolute atomic E-state index is 12.0. The number of amides is 1. The Hall–Kier alpha value is -1.55. The molecule has 1 aromatic carbocycles. The lowest BCUT2D eigenvalue weighted by atomic mass is 10.1. The van der Waals surface area contributed by atoms with Crippen LogP contribution in [0.3, 0.4) is 0 Å². The summed E-state index contributed by atoms with van der Waals surface area (Å²) < 4.78 is 5.23.